The minimum absolute atomic E-state index is 0.0599. The monoisotopic (exact) mass is 537 g/mol. The van der Waals surface area contributed by atoms with E-state index in [4.69, 9.17) is 0 Å². The molecule has 0 bridgehead atoms. The van der Waals surface area contributed by atoms with Gasteiger partial charge in [-0.25, -0.2) is 4.79 Å². The Hall–Kier alpha value is -3.60. The SMILES string of the molecule is CC(C)c1cccc(C(C)C)c1NC(=O)CN1CC2(CCCC2)N(c2ccc(CCc3ccccc3)cc2)C1=O. The molecule has 2 fully saturated rings. The van der Waals surface area contributed by atoms with E-state index < -0.39 is 0 Å². The normalized spacial score (nSPS) is 16.5. The van der Waals surface area contributed by atoms with E-state index in [9.17, 15) is 9.59 Å². The highest BCUT2D eigenvalue weighted by molar-refractivity contribution is 6.01. The Morgan fingerprint density at radius 2 is 1.38 bits per heavy atom. The summed E-state index contributed by atoms with van der Waals surface area (Å²) >= 11 is 0. The number of urea groups is 1. The average molecular weight is 538 g/mol. The molecule has 5 rings (SSSR count). The van der Waals surface area contributed by atoms with Crippen LogP contribution in [0.25, 0.3) is 0 Å². The molecule has 1 saturated carbocycles. The standard InChI is InChI=1S/C35H43N3O2/c1-25(2)30-13-10-14-31(26(3)4)33(30)36-32(39)23-37-24-35(21-8-9-22-35)38(34(37)40)29-19-17-28(18-20-29)16-15-27-11-6-5-7-12-27/h5-7,10-14,17-20,25-26H,8-9,15-16,21-24H2,1-4H3,(H,36,39). The van der Waals surface area contributed by atoms with Crippen LogP contribution in [0.3, 0.4) is 0 Å². The van der Waals surface area contributed by atoms with Crippen LogP contribution < -0.4 is 10.2 Å². The molecule has 2 aliphatic rings. The number of anilines is 2. The minimum atomic E-state index is -0.234. The molecule has 5 heteroatoms. The number of benzene rings is 3. The quantitative estimate of drug-likeness (QED) is 0.301. The lowest BCUT2D eigenvalue weighted by Crippen LogP contribution is -2.45. The van der Waals surface area contributed by atoms with Crippen molar-refractivity contribution in [2.24, 2.45) is 0 Å². The van der Waals surface area contributed by atoms with Gasteiger partial charge in [0.25, 0.3) is 0 Å². The van der Waals surface area contributed by atoms with Gasteiger partial charge in [0, 0.05) is 17.9 Å². The number of amides is 3. The fraction of sp³-hybridized carbons (Fsp3) is 0.429. The Labute approximate surface area is 239 Å². The van der Waals surface area contributed by atoms with Crippen LogP contribution in [0.1, 0.15) is 87.5 Å². The van der Waals surface area contributed by atoms with Crippen molar-refractivity contribution in [2.45, 2.75) is 83.6 Å². The van der Waals surface area contributed by atoms with Gasteiger partial charge in [0.2, 0.25) is 5.91 Å². The summed E-state index contributed by atoms with van der Waals surface area (Å²) in [6.07, 6.45) is 6.12. The van der Waals surface area contributed by atoms with E-state index in [-0.39, 0.29) is 35.9 Å². The number of nitrogens with zero attached hydrogens (tertiary/aromatic N) is 2. The molecule has 1 heterocycles. The summed E-state index contributed by atoms with van der Waals surface area (Å²) in [7, 11) is 0. The highest BCUT2D eigenvalue weighted by Gasteiger charge is 2.51. The maximum Gasteiger partial charge on any atom is 0.325 e. The van der Waals surface area contributed by atoms with Crippen molar-refractivity contribution in [3.63, 3.8) is 0 Å². The van der Waals surface area contributed by atoms with Gasteiger partial charge in [0.1, 0.15) is 6.54 Å². The van der Waals surface area contributed by atoms with Gasteiger partial charge in [-0.3, -0.25) is 9.69 Å². The second-order valence-electron chi connectivity index (χ2n) is 12.2. The van der Waals surface area contributed by atoms with Gasteiger partial charge >= 0.3 is 6.03 Å². The number of hydrogen-bond acceptors (Lipinski definition) is 2. The summed E-state index contributed by atoms with van der Waals surface area (Å²) in [6, 6.07) is 25.2. The van der Waals surface area contributed by atoms with Gasteiger partial charge in [-0.1, -0.05) is 101 Å². The van der Waals surface area contributed by atoms with Crippen molar-refractivity contribution in [2.75, 3.05) is 23.3 Å². The topological polar surface area (TPSA) is 52.7 Å². The molecule has 1 aliphatic carbocycles. The van der Waals surface area contributed by atoms with Gasteiger partial charge < -0.3 is 10.2 Å². The smallest absolute Gasteiger partial charge is 0.324 e. The highest BCUT2D eigenvalue weighted by atomic mass is 16.2. The molecule has 1 saturated heterocycles. The fourth-order valence-electron chi connectivity index (χ4n) is 6.55. The van der Waals surface area contributed by atoms with Crippen LogP contribution in [0.2, 0.25) is 0 Å². The molecule has 0 unspecified atom stereocenters. The van der Waals surface area contributed by atoms with Crippen molar-refractivity contribution in [3.8, 4) is 0 Å². The van der Waals surface area contributed by atoms with E-state index in [1.54, 1.807) is 4.90 Å². The molecular weight excluding hydrogens is 494 g/mol. The molecule has 3 aromatic carbocycles. The second-order valence-corrected chi connectivity index (χ2v) is 12.2. The first-order valence-electron chi connectivity index (χ1n) is 14.9. The summed E-state index contributed by atoms with van der Waals surface area (Å²) in [6.45, 7) is 9.25. The Balaban J connectivity index is 1.31. The van der Waals surface area contributed by atoms with Crippen molar-refractivity contribution >= 4 is 23.3 Å². The molecule has 3 amide bonds. The van der Waals surface area contributed by atoms with Gasteiger partial charge in [0.05, 0.1) is 5.54 Å². The maximum atomic E-state index is 13.9. The third-order valence-electron chi connectivity index (χ3n) is 8.67. The Bertz CT molecular complexity index is 1300. The van der Waals surface area contributed by atoms with E-state index in [2.05, 4.69) is 99.7 Å². The molecule has 0 radical (unpaired) electrons. The summed E-state index contributed by atoms with van der Waals surface area (Å²) in [5, 5.41) is 3.21. The Morgan fingerprint density at radius 1 is 0.800 bits per heavy atom. The average Bonchev–Trinajstić information content (AvgIpc) is 3.51. The number of carbonyl (C=O) groups is 2. The predicted molar refractivity (Wildman–Crippen MR) is 164 cm³/mol. The van der Waals surface area contributed by atoms with Gasteiger partial charge in [-0.15, -0.1) is 0 Å². The van der Waals surface area contributed by atoms with E-state index in [0.29, 0.717) is 6.54 Å². The van der Waals surface area contributed by atoms with Crippen LogP contribution in [0.5, 0.6) is 0 Å². The van der Waals surface area contributed by atoms with Gasteiger partial charge in [-0.05, 0) is 71.9 Å². The van der Waals surface area contributed by atoms with Crippen molar-refractivity contribution in [1.29, 1.82) is 0 Å². The summed E-state index contributed by atoms with van der Waals surface area (Å²) in [5.74, 6) is 0.445. The summed E-state index contributed by atoms with van der Waals surface area (Å²) in [4.78, 5) is 31.0. The molecule has 1 spiro atoms. The van der Waals surface area contributed by atoms with E-state index in [1.165, 1.54) is 11.1 Å². The molecule has 0 atom stereocenters. The summed E-state index contributed by atoms with van der Waals surface area (Å²) in [5.41, 5.74) is 6.47. The molecule has 1 aliphatic heterocycles. The first kappa shape index (κ1) is 27.9. The lowest BCUT2D eigenvalue weighted by Gasteiger charge is -2.33. The second kappa shape index (κ2) is 11.9. The molecule has 40 heavy (non-hydrogen) atoms. The largest absolute Gasteiger partial charge is 0.325 e. The van der Waals surface area contributed by atoms with Crippen molar-refractivity contribution < 1.29 is 9.59 Å². The third-order valence-corrected chi connectivity index (χ3v) is 8.67. The predicted octanol–water partition coefficient (Wildman–Crippen LogP) is 7.91. The lowest BCUT2D eigenvalue weighted by atomic mass is 9.92. The molecule has 1 N–H and O–H groups in total. The Morgan fingerprint density at radius 3 is 1.95 bits per heavy atom. The molecule has 3 aromatic rings. The highest BCUT2D eigenvalue weighted by Crippen LogP contribution is 2.43. The molecule has 0 aromatic heterocycles. The van der Waals surface area contributed by atoms with Crippen LogP contribution in [-0.2, 0) is 17.6 Å². The minimum Gasteiger partial charge on any atom is -0.324 e. The fourth-order valence-corrected chi connectivity index (χ4v) is 6.55. The zero-order valence-corrected chi connectivity index (χ0v) is 24.5. The van der Waals surface area contributed by atoms with Crippen LogP contribution in [-0.4, -0.2) is 35.5 Å². The van der Waals surface area contributed by atoms with E-state index in [1.807, 2.05) is 11.0 Å². The van der Waals surface area contributed by atoms with Crippen LogP contribution in [0.4, 0.5) is 16.2 Å². The summed E-state index contributed by atoms with van der Waals surface area (Å²) < 4.78 is 0. The molecule has 5 nitrogen and oxygen atoms in total. The first-order valence-corrected chi connectivity index (χ1v) is 14.9. The molecule has 210 valence electrons. The number of para-hydroxylation sites is 1. The third kappa shape index (κ3) is 5.79. The van der Waals surface area contributed by atoms with Crippen molar-refractivity contribution in [1.82, 2.24) is 4.90 Å². The number of carbonyl (C=O) groups excluding carboxylic acids is 2. The lowest BCUT2D eigenvalue weighted by molar-refractivity contribution is -0.116. The first-order chi connectivity index (χ1) is 19.3. The van der Waals surface area contributed by atoms with Crippen LogP contribution in [0.15, 0.2) is 72.8 Å². The zero-order chi connectivity index (χ0) is 28.3. The van der Waals surface area contributed by atoms with E-state index in [0.717, 1.165) is 61.0 Å². The number of nitrogens with one attached hydrogen (secondary N) is 1. The van der Waals surface area contributed by atoms with Crippen molar-refractivity contribution in [3.05, 3.63) is 95.1 Å². The maximum absolute atomic E-state index is 13.9. The van der Waals surface area contributed by atoms with E-state index >= 15 is 0 Å². The van der Waals surface area contributed by atoms with Gasteiger partial charge in [-0.2, -0.15) is 0 Å². The number of hydrogen-bond donors (Lipinski definition) is 1. The zero-order valence-electron chi connectivity index (χ0n) is 24.5. The van der Waals surface area contributed by atoms with Crippen LogP contribution in [0, 0.1) is 0 Å². The van der Waals surface area contributed by atoms with Crippen LogP contribution >= 0.6 is 0 Å². The molecular formula is C35H43N3O2. The van der Waals surface area contributed by atoms with Gasteiger partial charge in [0.15, 0.2) is 0 Å². The number of aryl methyl sites for hydroxylation is 2. The Kier molecular flexibility index (Phi) is 8.30. The number of rotatable bonds is 9.